The number of carbonyl (C=O) groups is 2. The van der Waals surface area contributed by atoms with E-state index in [0.717, 1.165) is 17.7 Å². The highest BCUT2D eigenvalue weighted by Gasteiger charge is 2.18. The van der Waals surface area contributed by atoms with E-state index in [1.165, 1.54) is 0 Å². The van der Waals surface area contributed by atoms with Gasteiger partial charge in [0.1, 0.15) is 11.6 Å². The summed E-state index contributed by atoms with van der Waals surface area (Å²) in [7, 11) is 0. The lowest BCUT2D eigenvalue weighted by Gasteiger charge is -2.12. The Hall–Kier alpha value is -3.62. The van der Waals surface area contributed by atoms with E-state index in [9.17, 15) is 18.4 Å². The molecule has 0 unspecified atom stereocenters. The summed E-state index contributed by atoms with van der Waals surface area (Å²) in [4.78, 5) is 28.8. The molecule has 0 saturated carbocycles. The largest absolute Gasteiger partial charge is 0.351 e. The van der Waals surface area contributed by atoms with Crippen molar-refractivity contribution in [3.8, 4) is 11.5 Å². The molecule has 0 spiro atoms. The maximum atomic E-state index is 13.7. The van der Waals surface area contributed by atoms with Crippen LogP contribution >= 0.6 is 0 Å². The number of rotatable bonds is 7. The Bertz CT molecular complexity index is 1110. The smallest absolute Gasteiger partial charge is 0.260 e. The van der Waals surface area contributed by atoms with Gasteiger partial charge in [-0.1, -0.05) is 31.1 Å². The molecule has 7 nitrogen and oxygen atoms in total. The molecule has 3 aromatic rings. The van der Waals surface area contributed by atoms with Gasteiger partial charge in [-0.3, -0.25) is 9.59 Å². The first kappa shape index (κ1) is 22.1. The van der Waals surface area contributed by atoms with E-state index >= 15 is 0 Å². The van der Waals surface area contributed by atoms with Crippen LogP contribution in [0.5, 0.6) is 0 Å². The van der Waals surface area contributed by atoms with Crippen molar-refractivity contribution in [2.24, 2.45) is 0 Å². The minimum absolute atomic E-state index is 0.0270. The Morgan fingerprint density at radius 3 is 2.61 bits per heavy atom. The fraction of sp³-hybridized carbons (Fsp3) is 0.273. The van der Waals surface area contributed by atoms with Crippen molar-refractivity contribution in [3.63, 3.8) is 0 Å². The molecule has 0 bridgehead atoms. The number of carbonyl (C=O) groups excluding carboxylic acids is 2. The molecule has 162 valence electrons. The average Bonchev–Trinajstić information content (AvgIpc) is 3.20. The molecule has 0 aliphatic carbocycles. The first-order chi connectivity index (χ1) is 14.8. The maximum absolute atomic E-state index is 13.7. The van der Waals surface area contributed by atoms with E-state index in [1.807, 2.05) is 32.9 Å². The summed E-state index contributed by atoms with van der Waals surface area (Å²) >= 11 is 0. The molecular weight excluding hydrogens is 406 g/mol. The van der Waals surface area contributed by atoms with Crippen LogP contribution in [0.1, 0.15) is 47.9 Å². The summed E-state index contributed by atoms with van der Waals surface area (Å²) in [5.41, 5.74) is 1.63. The number of benzene rings is 2. The number of halogens is 2. The Kier molecular flexibility index (Phi) is 6.74. The van der Waals surface area contributed by atoms with Crippen molar-refractivity contribution >= 4 is 17.5 Å². The summed E-state index contributed by atoms with van der Waals surface area (Å²) in [6, 6.07) is 8.08. The van der Waals surface area contributed by atoms with E-state index in [1.54, 1.807) is 6.07 Å². The number of nitrogens with one attached hydrogen (secondary N) is 2. The number of para-hydroxylation sites is 1. The number of anilines is 1. The normalized spacial score (nSPS) is 10.9. The van der Waals surface area contributed by atoms with Gasteiger partial charge in [0.15, 0.2) is 5.82 Å². The lowest BCUT2D eigenvalue weighted by atomic mass is 10.1. The summed E-state index contributed by atoms with van der Waals surface area (Å²) in [5.74, 6) is -1.88. The van der Waals surface area contributed by atoms with Gasteiger partial charge in [-0.2, -0.15) is 4.98 Å². The zero-order valence-electron chi connectivity index (χ0n) is 17.3. The molecule has 2 N–H and O–H groups in total. The molecule has 0 fully saturated rings. The highest BCUT2D eigenvalue weighted by molar-refractivity contribution is 5.97. The third kappa shape index (κ3) is 5.30. The Morgan fingerprint density at radius 1 is 1.16 bits per heavy atom. The van der Waals surface area contributed by atoms with Crippen molar-refractivity contribution in [2.75, 3.05) is 11.9 Å². The summed E-state index contributed by atoms with van der Waals surface area (Å²) in [6.07, 6.45) is -0.0522. The second kappa shape index (κ2) is 9.46. The molecule has 2 aromatic carbocycles. The third-order valence-corrected chi connectivity index (χ3v) is 4.54. The summed E-state index contributed by atoms with van der Waals surface area (Å²) < 4.78 is 32.0. The second-order valence-corrected chi connectivity index (χ2v) is 7.29. The molecule has 0 radical (unpaired) electrons. The molecule has 0 saturated heterocycles. The van der Waals surface area contributed by atoms with Crippen molar-refractivity contribution in [2.45, 2.75) is 33.1 Å². The van der Waals surface area contributed by atoms with Gasteiger partial charge in [0.2, 0.25) is 5.91 Å². The first-order valence-electron chi connectivity index (χ1n) is 9.73. The molecule has 1 aromatic heterocycles. The number of hydrogen-bond donors (Lipinski definition) is 2. The van der Waals surface area contributed by atoms with Crippen LogP contribution in [0.3, 0.4) is 0 Å². The topological polar surface area (TPSA) is 97.1 Å². The minimum Gasteiger partial charge on any atom is -0.351 e. The van der Waals surface area contributed by atoms with E-state index in [-0.39, 0.29) is 30.4 Å². The number of amides is 2. The Labute approximate surface area is 177 Å². The van der Waals surface area contributed by atoms with Gasteiger partial charge >= 0.3 is 0 Å². The van der Waals surface area contributed by atoms with Gasteiger partial charge in [0, 0.05) is 24.9 Å². The van der Waals surface area contributed by atoms with Gasteiger partial charge in [-0.05, 0) is 30.7 Å². The van der Waals surface area contributed by atoms with Gasteiger partial charge in [-0.25, -0.2) is 8.78 Å². The van der Waals surface area contributed by atoms with Crippen molar-refractivity contribution < 1.29 is 22.9 Å². The zero-order chi connectivity index (χ0) is 22.5. The molecule has 0 aliphatic rings. The average molecular weight is 428 g/mol. The quantitative estimate of drug-likeness (QED) is 0.588. The molecule has 0 atom stereocenters. The number of aromatic nitrogens is 2. The zero-order valence-corrected chi connectivity index (χ0v) is 17.3. The van der Waals surface area contributed by atoms with Crippen molar-refractivity contribution in [1.29, 1.82) is 0 Å². The van der Waals surface area contributed by atoms with Crippen LogP contribution in [-0.4, -0.2) is 28.5 Å². The minimum atomic E-state index is -0.966. The lowest BCUT2D eigenvalue weighted by Crippen LogP contribution is -2.28. The predicted octanol–water partition coefficient (Wildman–Crippen LogP) is 4.21. The molecule has 1 heterocycles. The van der Waals surface area contributed by atoms with Crippen LogP contribution in [-0.2, 0) is 4.79 Å². The first-order valence-corrected chi connectivity index (χ1v) is 9.73. The van der Waals surface area contributed by atoms with Crippen LogP contribution in [0.15, 0.2) is 40.9 Å². The van der Waals surface area contributed by atoms with Gasteiger partial charge in [-0.15, -0.1) is 0 Å². The van der Waals surface area contributed by atoms with E-state index in [4.69, 9.17) is 4.52 Å². The van der Waals surface area contributed by atoms with Crippen LogP contribution < -0.4 is 10.6 Å². The van der Waals surface area contributed by atoms with Gasteiger partial charge < -0.3 is 15.2 Å². The summed E-state index contributed by atoms with van der Waals surface area (Å²) in [5, 5.41) is 9.21. The highest BCUT2D eigenvalue weighted by atomic mass is 19.1. The monoisotopic (exact) mass is 428 g/mol. The van der Waals surface area contributed by atoms with Crippen LogP contribution in [0.2, 0.25) is 0 Å². The van der Waals surface area contributed by atoms with Crippen LogP contribution in [0.25, 0.3) is 11.5 Å². The SMILES string of the molecule is Cc1cccc(-c2nc(C(C)C)no2)c1NC(=O)CCNC(=O)c1ccc(F)cc1F. The third-order valence-electron chi connectivity index (χ3n) is 4.54. The summed E-state index contributed by atoms with van der Waals surface area (Å²) in [6.45, 7) is 5.69. The molecule has 9 heteroatoms. The number of aryl methyl sites for hydroxylation is 1. The van der Waals surface area contributed by atoms with Gasteiger partial charge in [0.25, 0.3) is 11.8 Å². The molecule has 31 heavy (non-hydrogen) atoms. The fourth-order valence-corrected chi connectivity index (χ4v) is 2.85. The Balaban J connectivity index is 1.64. The second-order valence-electron chi connectivity index (χ2n) is 7.29. The molecule has 0 aliphatic heterocycles. The van der Waals surface area contributed by atoms with E-state index < -0.39 is 17.5 Å². The molecular formula is C22H22F2N4O3. The predicted molar refractivity (Wildman–Crippen MR) is 110 cm³/mol. The van der Waals surface area contributed by atoms with Crippen molar-refractivity contribution in [3.05, 3.63) is 65.0 Å². The number of nitrogens with zero attached hydrogens (tertiary/aromatic N) is 2. The highest BCUT2D eigenvalue weighted by Crippen LogP contribution is 2.30. The van der Waals surface area contributed by atoms with Crippen molar-refractivity contribution in [1.82, 2.24) is 15.5 Å². The van der Waals surface area contributed by atoms with Gasteiger partial charge in [0.05, 0.1) is 16.8 Å². The Morgan fingerprint density at radius 2 is 1.94 bits per heavy atom. The number of hydrogen-bond acceptors (Lipinski definition) is 5. The van der Waals surface area contributed by atoms with Crippen LogP contribution in [0.4, 0.5) is 14.5 Å². The fourth-order valence-electron chi connectivity index (χ4n) is 2.85. The lowest BCUT2D eigenvalue weighted by molar-refractivity contribution is -0.116. The molecule has 3 rings (SSSR count). The maximum Gasteiger partial charge on any atom is 0.260 e. The standard InChI is InChI=1S/C22H22F2N4O3/c1-12(2)20-27-22(31-28-20)16-6-4-5-13(3)19(16)26-18(29)9-10-25-21(30)15-8-7-14(23)11-17(15)24/h4-8,11-12H,9-10H2,1-3H3,(H,25,30)(H,26,29). The van der Waals surface area contributed by atoms with E-state index in [2.05, 4.69) is 20.8 Å². The van der Waals surface area contributed by atoms with E-state index in [0.29, 0.717) is 29.0 Å². The molecule has 2 amide bonds. The van der Waals surface area contributed by atoms with Crippen LogP contribution in [0, 0.1) is 18.6 Å².